The summed E-state index contributed by atoms with van der Waals surface area (Å²) in [4.78, 5) is 0. The van der Waals surface area contributed by atoms with Crippen LogP contribution in [0.1, 0.15) is 5.56 Å². The first-order chi connectivity index (χ1) is 8.15. The molecule has 0 atom stereocenters. The molecule has 84 valence electrons. The van der Waals surface area contributed by atoms with Crippen LogP contribution in [0.3, 0.4) is 0 Å². The number of hydrogen-bond acceptors (Lipinski definition) is 2. The third-order valence-corrected chi connectivity index (χ3v) is 3.21. The number of fused-ring (bicyclic) bond motifs is 3. The van der Waals surface area contributed by atoms with E-state index in [0.29, 0.717) is 0 Å². The third-order valence-electron chi connectivity index (χ3n) is 3.21. The molecule has 0 aromatic heterocycles. The van der Waals surface area contributed by atoms with Gasteiger partial charge in [0.2, 0.25) is 0 Å². The van der Waals surface area contributed by atoms with E-state index in [-0.39, 0.29) is 0 Å². The van der Waals surface area contributed by atoms with Crippen molar-refractivity contribution < 1.29 is 0 Å². The van der Waals surface area contributed by atoms with Gasteiger partial charge in [0.1, 0.15) is 0 Å². The van der Waals surface area contributed by atoms with Gasteiger partial charge in [-0.3, -0.25) is 0 Å². The lowest BCUT2D eigenvalue weighted by Crippen LogP contribution is -1.89. The summed E-state index contributed by atoms with van der Waals surface area (Å²) in [6.07, 6.45) is 0. The molecule has 0 unspecified atom stereocenters. The van der Waals surface area contributed by atoms with Gasteiger partial charge in [-0.1, -0.05) is 18.2 Å². The number of rotatable bonds is 0. The summed E-state index contributed by atoms with van der Waals surface area (Å²) in [5, 5.41) is 4.84. The van der Waals surface area contributed by atoms with Crippen LogP contribution < -0.4 is 11.5 Å². The monoisotopic (exact) mass is 222 g/mol. The maximum absolute atomic E-state index is 5.84. The number of aryl methyl sites for hydroxylation is 1. The lowest BCUT2D eigenvalue weighted by atomic mass is 9.97. The highest BCUT2D eigenvalue weighted by Crippen LogP contribution is 2.30. The van der Waals surface area contributed by atoms with Crippen LogP contribution in [0.15, 0.2) is 42.5 Å². The Bertz CT molecular complexity index is 730. The van der Waals surface area contributed by atoms with Gasteiger partial charge in [-0.05, 0) is 58.3 Å². The van der Waals surface area contributed by atoms with Gasteiger partial charge >= 0.3 is 0 Å². The van der Waals surface area contributed by atoms with E-state index in [9.17, 15) is 0 Å². The van der Waals surface area contributed by atoms with Gasteiger partial charge in [-0.15, -0.1) is 0 Å². The van der Waals surface area contributed by atoms with Crippen molar-refractivity contribution in [1.29, 1.82) is 0 Å². The zero-order valence-corrected chi connectivity index (χ0v) is 9.70. The SMILES string of the molecule is Cc1cc2cc(N)ccc2c2ccc(N)cc12. The van der Waals surface area contributed by atoms with E-state index < -0.39 is 0 Å². The zero-order valence-electron chi connectivity index (χ0n) is 9.70. The van der Waals surface area contributed by atoms with E-state index in [4.69, 9.17) is 11.5 Å². The van der Waals surface area contributed by atoms with Crippen molar-refractivity contribution in [3.8, 4) is 0 Å². The zero-order chi connectivity index (χ0) is 12.0. The van der Waals surface area contributed by atoms with Crippen molar-refractivity contribution in [3.63, 3.8) is 0 Å². The fourth-order valence-electron chi connectivity index (χ4n) is 2.38. The van der Waals surface area contributed by atoms with Crippen LogP contribution >= 0.6 is 0 Å². The first kappa shape index (κ1) is 9.97. The van der Waals surface area contributed by atoms with Crippen molar-refractivity contribution >= 4 is 32.9 Å². The molecule has 3 aromatic rings. The molecule has 3 rings (SSSR count). The van der Waals surface area contributed by atoms with E-state index in [1.165, 1.54) is 27.1 Å². The number of hydrogen-bond donors (Lipinski definition) is 2. The first-order valence-electron chi connectivity index (χ1n) is 5.63. The van der Waals surface area contributed by atoms with Gasteiger partial charge < -0.3 is 11.5 Å². The Morgan fingerprint density at radius 3 is 2.12 bits per heavy atom. The fraction of sp³-hybridized carbons (Fsp3) is 0.0667. The summed E-state index contributed by atoms with van der Waals surface area (Å²) in [6, 6.07) is 14.2. The van der Waals surface area contributed by atoms with Gasteiger partial charge in [0.05, 0.1) is 0 Å². The second-order valence-electron chi connectivity index (χ2n) is 4.48. The standard InChI is InChI=1S/C15H14N2/c1-9-6-10-7-11(16)2-4-13(10)14-5-3-12(17)8-15(9)14/h2-8H,16-17H2,1H3. The number of anilines is 2. The summed E-state index contributed by atoms with van der Waals surface area (Å²) < 4.78 is 0. The molecule has 0 fully saturated rings. The topological polar surface area (TPSA) is 52.0 Å². The van der Waals surface area contributed by atoms with E-state index >= 15 is 0 Å². The van der Waals surface area contributed by atoms with Gasteiger partial charge in [0.15, 0.2) is 0 Å². The normalized spacial score (nSPS) is 11.1. The molecular weight excluding hydrogens is 208 g/mol. The molecule has 0 amide bonds. The molecule has 0 aliphatic heterocycles. The first-order valence-corrected chi connectivity index (χ1v) is 5.63. The van der Waals surface area contributed by atoms with Crippen molar-refractivity contribution in [2.75, 3.05) is 11.5 Å². The molecule has 0 heterocycles. The van der Waals surface area contributed by atoms with Gasteiger partial charge in [0.25, 0.3) is 0 Å². The lowest BCUT2D eigenvalue weighted by molar-refractivity contribution is 1.55. The Kier molecular flexibility index (Phi) is 1.99. The predicted octanol–water partition coefficient (Wildman–Crippen LogP) is 3.47. The number of nitrogen functional groups attached to an aromatic ring is 2. The molecule has 0 aliphatic rings. The van der Waals surface area contributed by atoms with Crippen LogP contribution in [-0.4, -0.2) is 0 Å². The smallest absolute Gasteiger partial charge is 0.0320 e. The minimum Gasteiger partial charge on any atom is -0.399 e. The van der Waals surface area contributed by atoms with E-state index in [1.54, 1.807) is 0 Å². The van der Waals surface area contributed by atoms with Gasteiger partial charge in [-0.25, -0.2) is 0 Å². The Balaban J connectivity index is 2.55. The summed E-state index contributed by atoms with van der Waals surface area (Å²) >= 11 is 0. The molecule has 0 spiro atoms. The molecule has 0 aliphatic carbocycles. The number of nitrogens with two attached hydrogens (primary N) is 2. The van der Waals surface area contributed by atoms with Crippen LogP contribution in [0.25, 0.3) is 21.5 Å². The minimum absolute atomic E-state index is 0.798. The summed E-state index contributed by atoms with van der Waals surface area (Å²) in [7, 11) is 0. The minimum atomic E-state index is 0.798. The quantitative estimate of drug-likeness (QED) is 0.452. The maximum Gasteiger partial charge on any atom is 0.0320 e. The highest BCUT2D eigenvalue weighted by Gasteiger charge is 2.04. The second-order valence-corrected chi connectivity index (χ2v) is 4.48. The summed E-state index contributed by atoms with van der Waals surface area (Å²) in [5.74, 6) is 0. The number of benzene rings is 3. The fourth-order valence-corrected chi connectivity index (χ4v) is 2.38. The summed E-state index contributed by atoms with van der Waals surface area (Å²) in [5.41, 5.74) is 14.5. The molecule has 2 heteroatoms. The largest absolute Gasteiger partial charge is 0.399 e. The summed E-state index contributed by atoms with van der Waals surface area (Å²) in [6.45, 7) is 2.10. The van der Waals surface area contributed by atoms with Crippen LogP contribution in [0.4, 0.5) is 11.4 Å². The molecule has 4 N–H and O–H groups in total. The maximum atomic E-state index is 5.84. The van der Waals surface area contributed by atoms with Crippen LogP contribution in [0.2, 0.25) is 0 Å². The van der Waals surface area contributed by atoms with Gasteiger partial charge in [-0.2, -0.15) is 0 Å². The molecule has 0 radical (unpaired) electrons. The van der Waals surface area contributed by atoms with Crippen LogP contribution in [0, 0.1) is 6.92 Å². The van der Waals surface area contributed by atoms with Crippen molar-refractivity contribution in [1.82, 2.24) is 0 Å². The average molecular weight is 222 g/mol. The molecule has 0 saturated carbocycles. The molecule has 0 saturated heterocycles. The average Bonchev–Trinajstić information content (AvgIpc) is 2.29. The van der Waals surface area contributed by atoms with Gasteiger partial charge in [0, 0.05) is 11.4 Å². The third kappa shape index (κ3) is 1.49. The second kappa shape index (κ2) is 3.39. The Morgan fingerprint density at radius 2 is 1.35 bits per heavy atom. The van der Waals surface area contributed by atoms with Crippen LogP contribution in [0.5, 0.6) is 0 Å². The van der Waals surface area contributed by atoms with E-state index in [1.807, 2.05) is 24.3 Å². The predicted molar refractivity (Wildman–Crippen MR) is 75.0 cm³/mol. The lowest BCUT2D eigenvalue weighted by Gasteiger charge is -2.09. The van der Waals surface area contributed by atoms with Crippen molar-refractivity contribution in [3.05, 3.63) is 48.0 Å². The Morgan fingerprint density at radius 1 is 0.706 bits per heavy atom. The van der Waals surface area contributed by atoms with Crippen molar-refractivity contribution in [2.45, 2.75) is 6.92 Å². The molecule has 0 bridgehead atoms. The van der Waals surface area contributed by atoms with Crippen LogP contribution in [-0.2, 0) is 0 Å². The van der Waals surface area contributed by atoms with Crippen molar-refractivity contribution in [2.24, 2.45) is 0 Å². The molecular formula is C15H14N2. The van der Waals surface area contributed by atoms with E-state index in [0.717, 1.165) is 11.4 Å². The Hall–Kier alpha value is -2.22. The highest BCUT2D eigenvalue weighted by atomic mass is 14.5. The highest BCUT2D eigenvalue weighted by molar-refractivity contribution is 6.10. The molecule has 17 heavy (non-hydrogen) atoms. The Labute approximate surface area is 99.8 Å². The molecule has 3 aromatic carbocycles. The molecule has 2 nitrogen and oxygen atoms in total. The van der Waals surface area contributed by atoms with E-state index in [2.05, 4.69) is 25.1 Å².